The van der Waals surface area contributed by atoms with E-state index in [1.165, 1.54) is 0 Å². The van der Waals surface area contributed by atoms with Crippen LogP contribution in [0.3, 0.4) is 0 Å². The molecule has 1 unspecified atom stereocenters. The van der Waals surface area contributed by atoms with Crippen LogP contribution in [-0.2, 0) is 14.6 Å². The van der Waals surface area contributed by atoms with Crippen molar-refractivity contribution in [1.29, 1.82) is 0 Å². The van der Waals surface area contributed by atoms with Crippen molar-refractivity contribution in [2.75, 3.05) is 37.5 Å². The number of sulfone groups is 1. The fourth-order valence-corrected chi connectivity index (χ4v) is 5.67. The van der Waals surface area contributed by atoms with Crippen molar-refractivity contribution in [2.45, 2.75) is 12.5 Å². The smallest absolute Gasteiger partial charge is 0.279 e. The lowest BCUT2D eigenvalue weighted by molar-refractivity contribution is -0.894. The number of anilines is 1. The summed E-state index contributed by atoms with van der Waals surface area (Å²) in [6, 6.07) is 11.3. The van der Waals surface area contributed by atoms with Crippen molar-refractivity contribution in [1.82, 2.24) is 0 Å². The van der Waals surface area contributed by atoms with Gasteiger partial charge < -0.3 is 19.4 Å². The van der Waals surface area contributed by atoms with Crippen LogP contribution in [0.4, 0.5) is 5.69 Å². The largest absolute Gasteiger partial charge is 0.495 e. The van der Waals surface area contributed by atoms with Gasteiger partial charge in [0.15, 0.2) is 16.4 Å². The number of hydrogen-bond acceptors (Lipinski definition) is 5. The summed E-state index contributed by atoms with van der Waals surface area (Å²) in [6.07, 6.45) is 0.593. The lowest BCUT2D eigenvalue weighted by Gasteiger charge is -2.19. The van der Waals surface area contributed by atoms with Gasteiger partial charge in [-0.25, -0.2) is 8.42 Å². The third-order valence-electron chi connectivity index (χ3n) is 5.34. The number of likely N-dealkylation sites (N-methyl/N-ethyl adjacent to an activating group) is 1. The Balaban J connectivity index is 1.55. The third kappa shape index (κ3) is 3.57. The number of fused-ring (bicyclic) bond motifs is 3. The summed E-state index contributed by atoms with van der Waals surface area (Å²) >= 11 is 0. The summed E-state index contributed by atoms with van der Waals surface area (Å²) in [4.78, 5) is 13.4. The first-order valence-corrected chi connectivity index (χ1v) is 11.0. The molecule has 0 spiro atoms. The average molecular weight is 403 g/mol. The second-order valence-corrected chi connectivity index (χ2v) is 9.55. The first-order valence-electron chi connectivity index (χ1n) is 9.18. The number of ether oxygens (including phenoxy) is 1. The molecule has 1 aromatic heterocycles. The molecule has 7 nitrogen and oxygen atoms in total. The minimum absolute atomic E-state index is 0.0458. The van der Waals surface area contributed by atoms with Crippen molar-refractivity contribution in [2.24, 2.45) is 0 Å². The van der Waals surface area contributed by atoms with Crippen LogP contribution in [0.5, 0.6) is 5.75 Å². The van der Waals surface area contributed by atoms with Crippen molar-refractivity contribution in [3.63, 3.8) is 0 Å². The number of carbonyl (C=O) groups excluding carboxylic acids is 1. The SMILES string of the molecule is COc1cc2c(cc1NC(=O)C[NH+](C)[C@H]1CCS(=O)(=O)C1)oc1ccccc12. The molecule has 1 fully saturated rings. The van der Waals surface area contributed by atoms with E-state index in [4.69, 9.17) is 9.15 Å². The quantitative estimate of drug-likeness (QED) is 0.669. The predicted octanol–water partition coefficient (Wildman–Crippen LogP) is 1.23. The highest BCUT2D eigenvalue weighted by atomic mass is 32.2. The van der Waals surface area contributed by atoms with E-state index >= 15 is 0 Å². The average Bonchev–Trinajstić information content (AvgIpc) is 3.20. The van der Waals surface area contributed by atoms with Crippen molar-refractivity contribution >= 4 is 43.4 Å². The molecule has 2 aromatic carbocycles. The molecule has 1 amide bonds. The van der Waals surface area contributed by atoms with Gasteiger partial charge in [-0.2, -0.15) is 0 Å². The summed E-state index contributed by atoms with van der Waals surface area (Å²) < 4.78 is 34.7. The monoisotopic (exact) mass is 403 g/mol. The van der Waals surface area contributed by atoms with Gasteiger partial charge >= 0.3 is 0 Å². The Hall–Kier alpha value is -2.58. The third-order valence-corrected chi connectivity index (χ3v) is 7.11. The van der Waals surface area contributed by atoms with Crippen LogP contribution in [0.1, 0.15) is 6.42 Å². The fourth-order valence-electron chi connectivity index (χ4n) is 3.79. The Bertz CT molecular complexity index is 1150. The summed E-state index contributed by atoms with van der Waals surface area (Å²) in [6.45, 7) is 0.182. The normalized spacial score (nSPS) is 19.7. The molecular weight excluding hydrogens is 380 g/mol. The van der Waals surface area contributed by atoms with E-state index in [0.29, 0.717) is 23.4 Å². The number of nitrogens with one attached hydrogen (secondary N) is 2. The highest BCUT2D eigenvalue weighted by Crippen LogP contribution is 2.36. The van der Waals surface area contributed by atoms with E-state index in [1.807, 2.05) is 37.4 Å². The van der Waals surface area contributed by atoms with E-state index in [2.05, 4.69) is 5.32 Å². The van der Waals surface area contributed by atoms with Crippen molar-refractivity contribution < 1.29 is 27.3 Å². The number of quaternary nitrogens is 1. The standard InChI is InChI=1S/C20H22N2O5S/c1-22(13-7-8-28(24,25)12-13)11-20(23)21-16-10-18-15(9-19(16)26-2)14-5-3-4-6-17(14)27-18/h3-6,9-10,13H,7-8,11-12H2,1-2H3,(H,21,23)/p+1/t13-/m0/s1. The van der Waals surface area contributed by atoms with Crippen molar-refractivity contribution in [3.8, 4) is 5.75 Å². The van der Waals surface area contributed by atoms with Crippen LogP contribution < -0.4 is 15.0 Å². The molecule has 0 bridgehead atoms. The number of methoxy groups -OCH3 is 1. The summed E-state index contributed by atoms with van der Waals surface area (Å²) in [7, 11) is 0.439. The molecule has 0 radical (unpaired) electrons. The number of rotatable bonds is 5. The minimum atomic E-state index is -2.97. The zero-order valence-electron chi connectivity index (χ0n) is 15.8. The number of carbonyl (C=O) groups is 1. The predicted molar refractivity (Wildman–Crippen MR) is 108 cm³/mol. The molecule has 2 atom stereocenters. The molecule has 4 rings (SSSR count). The molecule has 28 heavy (non-hydrogen) atoms. The molecular formula is C20H23N2O5S+. The Kier molecular flexibility index (Phi) is 4.76. The first-order chi connectivity index (χ1) is 13.4. The van der Waals surface area contributed by atoms with E-state index < -0.39 is 9.84 Å². The van der Waals surface area contributed by atoms with Crippen molar-refractivity contribution in [3.05, 3.63) is 36.4 Å². The Morgan fingerprint density at radius 3 is 2.75 bits per heavy atom. The second kappa shape index (κ2) is 7.10. The lowest BCUT2D eigenvalue weighted by atomic mass is 10.1. The van der Waals surface area contributed by atoms with Gasteiger partial charge in [-0.1, -0.05) is 18.2 Å². The lowest BCUT2D eigenvalue weighted by Crippen LogP contribution is -3.14. The van der Waals surface area contributed by atoms with Crippen LogP contribution in [0.25, 0.3) is 21.9 Å². The topological polar surface area (TPSA) is 90.0 Å². The van der Waals surface area contributed by atoms with Crippen LogP contribution in [0.2, 0.25) is 0 Å². The molecule has 1 aliphatic rings. The zero-order chi connectivity index (χ0) is 19.9. The Morgan fingerprint density at radius 1 is 1.25 bits per heavy atom. The number of hydrogen-bond donors (Lipinski definition) is 2. The molecule has 2 N–H and O–H groups in total. The molecule has 0 saturated carbocycles. The highest BCUT2D eigenvalue weighted by Gasteiger charge is 2.34. The second-order valence-electron chi connectivity index (χ2n) is 7.32. The van der Waals surface area contributed by atoms with Crippen LogP contribution in [0.15, 0.2) is 40.8 Å². The van der Waals surface area contributed by atoms with E-state index in [0.717, 1.165) is 21.3 Å². The van der Waals surface area contributed by atoms with Gasteiger partial charge in [-0.15, -0.1) is 0 Å². The van der Waals surface area contributed by atoms with Gasteiger partial charge in [0.2, 0.25) is 0 Å². The van der Waals surface area contributed by atoms with Crippen LogP contribution >= 0.6 is 0 Å². The number of amides is 1. The van der Waals surface area contributed by atoms with Gasteiger partial charge in [0, 0.05) is 23.3 Å². The molecule has 1 saturated heterocycles. The molecule has 1 aliphatic heterocycles. The molecule has 0 aliphatic carbocycles. The van der Waals surface area contributed by atoms with E-state index in [1.54, 1.807) is 13.2 Å². The van der Waals surface area contributed by atoms with Crippen LogP contribution in [0, 0.1) is 0 Å². The van der Waals surface area contributed by atoms with Gasteiger partial charge in [0.05, 0.1) is 25.6 Å². The van der Waals surface area contributed by atoms with Gasteiger partial charge in [-0.3, -0.25) is 4.79 Å². The number of furan rings is 1. The molecule has 8 heteroatoms. The maximum atomic E-state index is 12.5. The maximum absolute atomic E-state index is 12.5. The van der Waals surface area contributed by atoms with Gasteiger partial charge in [0.25, 0.3) is 5.91 Å². The Morgan fingerprint density at radius 2 is 2.04 bits per heavy atom. The van der Waals surface area contributed by atoms with Gasteiger partial charge in [0.1, 0.15) is 28.7 Å². The Labute approximate surface area is 163 Å². The molecule has 2 heterocycles. The number of para-hydroxylation sites is 1. The minimum Gasteiger partial charge on any atom is -0.495 e. The summed E-state index contributed by atoms with van der Waals surface area (Å²) in [5.74, 6) is 0.692. The van der Waals surface area contributed by atoms with Gasteiger partial charge in [-0.05, 0) is 12.1 Å². The van der Waals surface area contributed by atoms with E-state index in [-0.39, 0.29) is 30.0 Å². The van der Waals surface area contributed by atoms with Crippen LogP contribution in [-0.4, -0.2) is 52.6 Å². The fraction of sp³-hybridized carbons (Fsp3) is 0.350. The molecule has 3 aromatic rings. The molecule has 148 valence electrons. The maximum Gasteiger partial charge on any atom is 0.279 e. The highest BCUT2D eigenvalue weighted by molar-refractivity contribution is 7.91. The van der Waals surface area contributed by atoms with E-state index in [9.17, 15) is 13.2 Å². The summed E-state index contributed by atoms with van der Waals surface area (Å²) in [5, 5.41) is 4.79. The zero-order valence-corrected chi connectivity index (χ0v) is 16.6. The first kappa shape index (κ1) is 18.8. The summed E-state index contributed by atoms with van der Waals surface area (Å²) in [5.41, 5.74) is 1.97. The number of benzene rings is 2.